The van der Waals surface area contributed by atoms with Crippen molar-refractivity contribution < 1.29 is 23.9 Å². The van der Waals surface area contributed by atoms with Crippen LogP contribution in [0.25, 0.3) is 0 Å². The molecule has 0 aromatic heterocycles. The summed E-state index contributed by atoms with van der Waals surface area (Å²) in [5.41, 5.74) is 3.96. The molecule has 0 radical (unpaired) electrons. The molecule has 7 nitrogen and oxygen atoms in total. The van der Waals surface area contributed by atoms with E-state index in [2.05, 4.69) is 26.5 Å². The van der Waals surface area contributed by atoms with Gasteiger partial charge in [-0.2, -0.15) is 5.10 Å². The second-order valence-corrected chi connectivity index (χ2v) is 8.34. The normalized spacial score (nSPS) is 10.6. The Kier molecular flexibility index (Phi) is 8.00. The van der Waals surface area contributed by atoms with E-state index in [1.165, 1.54) is 18.3 Å². The largest absolute Gasteiger partial charge is 0.423 e. The lowest BCUT2D eigenvalue weighted by Crippen LogP contribution is -2.17. The summed E-state index contributed by atoms with van der Waals surface area (Å²) in [5.74, 6) is -1.30. The molecule has 0 atom stereocenters. The van der Waals surface area contributed by atoms with Crippen LogP contribution in [0, 0.1) is 0 Å². The van der Waals surface area contributed by atoms with Gasteiger partial charge in [0.1, 0.15) is 11.5 Å². The van der Waals surface area contributed by atoms with E-state index in [9.17, 15) is 14.4 Å². The smallest absolute Gasteiger partial charge is 0.343 e. The lowest BCUT2D eigenvalue weighted by atomic mass is 10.2. The fourth-order valence-electron chi connectivity index (χ4n) is 3.10. The molecule has 0 saturated heterocycles. The summed E-state index contributed by atoms with van der Waals surface area (Å²) in [7, 11) is 0. The van der Waals surface area contributed by atoms with Gasteiger partial charge in [0.2, 0.25) is 0 Å². The van der Waals surface area contributed by atoms with Gasteiger partial charge in [0, 0.05) is 21.7 Å². The number of esters is 2. The van der Waals surface area contributed by atoms with Gasteiger partial charge < -0.3 is 9.47 Å². The van der Waals surface area contributed by atoms with Crippen molar-refractivity contribution in [2.45, 2.75) is 0 Å². The molecular formula is C28H19BrN2O5. The van der Waals surface area contributed by atoms with Crippen LogP contribution in [0.15, 0.2) is 113 Å². The van der Waals surface area contributed by atoms with Gasteiger partial charge in [-0.15, -0.1) is 0 Å². The molecule has 1 N–H and O–H groups in total. The highest BCUT2D eigenvalue weighted by Gasteiger charge is 2.15. The van der Waals surface area contributed by atoms with Crippen LogP contribution in [-0.4, -0.2) is 24.1 Å². The van der Waals surface area contributed by atoms with Crippen molar-refractivity contribution in [3.05, 3.63) is 130 Å². The van der Waals surface area contributed by atoms with Gasteiger partial charge in [-0.1, -0.05) is 58.4 Å². The zero-order chi connectivity index (χ0) is 25.3. The Morgan fingerprint density at radius 3 is 1.94 bits per heavy atom. The molecule has 0 bridgehead atoms. The molecule has 8 heteroatoms. The second-order valence-electron chi connectivity index (χ2n) is 7.42. The molecule has 0 unspecified atom stereocenters. The van der Waals surface area contributed by atoms with E-state index < -0.39 is 17.8 Å². The molecule has 36 heavy (non-hydrogen) atoms. The highest BCUT2D eigenvalue weighted by Crippen LogP contribution is 2.26. The number of hydrazone groups is 1. The van der Waals surface area contributed by atoms with Crippen LogP contribution >= 0.6 is 15.9 Å². The van der Waals surface area contributed by atoms with E-state index in [1.807, 2.05) is 0 Å². The molecule has 0 saturated carbocycles. The topological polar surface area (TPSA) is 94.1 Å². The van der Waals surface area contributed by atoms with Gasteiger partial charge in [-0.3, -0.25) is 4.79 Å². The van der Waals surface area contributed by atoms with Gasteiger partial charge >= 0.3 is 11.9 Å². The molecule has 4 aromatic carbocycles. The lowest BCUT2D eigenvalue weighted by Gasteiger charge is -2.10. The Hall–Kier alpha value is -4.56. The number of nitrogens with zero attached hydrogens (tertiary/aromatic N) is 1. The monoisotopic (exact) mass is 542 g/mol. The first-order valence-corrected chi connectivity index (χ1v) is 11.6. The number of halogens is 1. The van der Waals surface area contributed by atoms with Gasteiger partial charge in [-0.05, 0) is 54.6 Å². The number of ether oxygens (including phenoxy) is 2. The molecule has 0 aliphatic heterocycles. The third kappa shape index (κ3) is 6.52. The predicted octanol–water partition coefficient (Wildman–Crippen LogP) is 5.65. The number of amides is 1. The van der Waals surface area contributed by atoms with Crippen molar-refractivity contribution in [2.24, 2.45) is 5.10 Å². The van der Waals surface area contributed by atoms with Crippen LogP contribution in [0.2, 0.25) is 0 Å². The Morgan fingerprint density at radius 2 is 1.31 bits per heavy atom. The Bertz CT molecular complexity index is 1420. The maximum atomic E-state index is 12.7. The van der Waals surface area contributed by atoms with Crippen molar-refractivity contribution in [3.8, 4) is 11.5 Å². The highest BCUT2D eigenvalue weighted by atomic mass is 79.9. The molecule has 4 rings (SSSR count). The number of benzene rings is 4. The maximum Gasteiger partial charge on any atom is 0.343 e. The fourth-order valence-corrected chi connectivity index (χ4v) is 3.50. The molecule has 0 heterocycles. The number of rotatable bonds is 7. The van der Waals surface area contributed by atoms with Crippen molar-refractivity contribution >= 4 is 40.0 Å². The number of carbonyl (C=O) groups excluding carboxylic acids is 3. The maximum absolute atomic E-state index is 12.7. The Morgan fingerprint density at radius 1 is 0.694 bits per heavy atom. The summed E-state index contributed by atoms with van der Waals surface area (Å²) < 4.78 is 11.8. The van der Waals surface area contributed by atoms with E-state index in [4.69, 9.17) is 9.47 Å². The summed E-state index contributed by atoms with van der Waals surface area (Å²) in [6, 6.07) is 28.3. The van der Waals surface area contributed by atoms with Gasteiger partial charge in [-0.25, -0.2) is 15.0 Å². The number of carbonyl (C=O) groups is 3. The van der Waals surface area contributed by atoms with Crippen LogP contribution in [0.1, 0.15) is 36.6 Å². The van der Waals surface area contributed by atoms with Crippen LogP contribution in [0.5, 0.6) is 11.5 Å². The molecule has 0 fully saturated rings. The average molecular weight is 543 g/mol. The Balaban J connectivity index is 1.56. The minimum atomic E-state index is -0.602. The van der Waals surface area contributed by atoms with Gasteiger partial charge in [0.25, 0.3) is 5.91 Å². The van der Waals surface area contributed by atoms with Crippen molar-refractivity contribution in [1.82, 2.24) is 5.43 Å². The lowest BCUT2D eigenvalue weighted by molar-refractivity contribution is 0.0732. The first kappa shape index (κ1) is 24.6. The first-order chi connectivity index (χ1) is 17.5. The standard InChI is InChI=1S/C28H19BrN2O5/c29-23-13-7-12-21(16-23)26(32)31-30-18-22-14-15-24(35-27(33)19-8-3-1-4-9-19)17-25(22)36-28(34)20-10-5-2-6-11-20/h1-18H,(H,31,32)/b30-18-. The molecule has 0 aliphatic carbocycles. The van der Waals surface area contributed by atoms with E-state index in [1.54, 1.807) is 91.0 Å². The molecule has 4 aromatic rings. The minimum Gasteiger partial charge on any atom is -0.423 e. The average Bonchev–Trinajstić information content (AvgIpc) is 2.90. The zero-order valence-electron chi connectivity index (χ0n) is 18.8. The number of nitrogens with one attached hydrogen (secondary N) is 1. The minimum absolute atomic E-state index is 0.0997. The highest BCUT2D eigenvalue weighted by molar-refractivity contribution is 9.10. The summed E-state index contributed by atoms with van der Waals surface area (Å²) in [6.07, 6.45) is 1.34. The van der Waals surface area contributed by atoms with Crippen LogP contribution in [0.3, 0.4) is 0 Å². The third-order valence-corrected chi connectivity index (χ3v) is 5.37. The van der Waals surface area contributed by atoms with E-state index >= 15 is 0 Å². The van der Waals surface area contributed by atoms with Gasteiger partial charge in [0.15, 0.2) is 0 Å². The molecular weight excluding hydrogens is 524 g/mol. The third-order valence-electron chi connectivity index (χ3n) is 4.87. The fraction of sp³-hybridized carbons (Fsp3) is 0. The summed E-state index contributed by atoms with van der Waals surface area (Å²) in [6.45, 7) is 0. The first-order valence-electron chi connectivity index (χ1n) is 10.8. The molecule has 0 spiro atoms. The van der Waals surface area contributed by atoms with Crippen molar-refractivity contribution in [3.63, 3.8) is 0 Å². The van der Waals surface area contributed by atoms with E-state index in [-0.39, 0.29) is 11.5 Å². The van der Waals surface area contributed by atoms with E-state index in [0.717, 1.165) is 4.47 Å². The molecule has 0 aliphatic rings. The van der Waals surface area contributed by atoms with Crippen molar-refractivity contribution in [2.75, 3.05) is 0 Å². The summed E-state index contributed by atoms with van der Waals surface area (Å²) >= 11 is 3.32. The quantitative estimate of drug-likeness (QED) is 0.141. The number of hydrogen-bond donors (Lipinski definition) is 1. The number of hydrogen-bond acceptors (Lipinski definition) is 6. The van der Waals surface area contributed by atoms with Crippen molar-refractivity contribution in [1.29, 1.82) is 0 Å². The van der Waals surface area contributed by atoms with E-state index in [0.29, 0.717) is 22.3 Å². The summed E-state index contributed by atoms with van der Waals surface area (Å²) in [4.78, 5) is 37.5. The summed E-state index contributed by atoms with van der Waals surface area (Å²) in [5, 5.41) is 3.99. The zero-order valence-corrected chi connectivity index (χ0v) is 20.3. The van der Waals surface area contributed by atoms with Gasteiger partial charge in [0.05, 0.1) is 17.3 Å². The van der Waals surface area contributed by atoms with Crippen LogP contribution in [-0.2, 0) is 0 Å². The predicted molar refractivity (Wildman–Crippen MR) is 138 cm³/mol. The second kappa shape index (κ2) is 11.7. The molecule has 178 valence electrons. The van der Waals surface area contributed by atoms with Crippen LogP contribution < -0.4 is 14.9 Å². The molecule has 1 amide bonds. The SMILES string of the molecule is O=C(N/N=C\c1ccc(OC(=O)c2ccccc2)cc1OC(=O)c1ccccc1)c1cccc(Br)c1. The van der Waals surface area contributed by atoms with Crippen LogP contribution in [0.4, 0.5) is 0 Å². The Labute approximate surface area is 215 Å².